The lowest BCUT2D eigenvalue weighted by Gasteiger charge is -2.12. The highest BCUT2D eigenvalue weighted by Crippen LogP contribution is 2.15. The molecule has 2 heterocycles. The highest BCUT2D eigenvalue weighted by molar-refractivity contribution is 7.11. The lowest BCUT2D eigenvalue weighted by molar-refractivity contribution is 0.301. The van der Waals surface area contributed by atoms with Crippen molar-refractivity contribution in [2.45, 2.75) is 26.6 Å². The summed E-state index contributed by atoms with van der Waals surface area (Å²) in [4.78, 5) is 11.1. The number of benzene rings is 1. The normalized spacial score (nSPS) is 11.3. The lowest BCUT2D eigenvalue weighted by atomic mass is 10.2. The molecule has 6 heteroatoms. The molecule has 0 saturated heterocycles. The fourth-order valence-corrected chi connectivity index (χ4v) is 3.33. The largest absolute Gasteiger partial charge is 0.487 e. The van der Waals surface area contributed by atoms with Crippen molar-refractivity contribution < 1.29 is 4.74 Å². The van der Waals surface area contributed by atoms with Gasteiger partial charge in [-0.1, -0.05) is 18.2 Å². The van der Waals surface area contributed by atoms with E-state index in [4.69, 9.17) is 4.74 Å². The molecule has 0 amide bonds. The monoisotopic (exact) mass is 380 g/mol. The van der Waals surface area contributed by atoms with Crippen molar-refractivity contribution in [3.8, 4) is 5.75 Å². The summed E-state index contributed by atoms with van der Waals surface area (Å²) in [6, 6.07) is 18.1. The second-order valence-corrected chi connectivity index (χ2v) is 7.42. The number of aryl methyl sites for hydroxylation is 1. The summed E-state index contributed by atoms with van der Waals surface area (Å²) in [7, 11) is 1.78. The number of thiophene rings is 1. The predicted octanol–water partition coefficient (Wildman–Crippen LogP) is 3.90. The van der Waals surface area contributed by atoms with Crippen molar-refractivity contribution >= 4 is 17.3 Å². The van der Waals surface area contributed by atoms with Crippen molar-refractivity contribution in [2.75, 3.05) is 7.05 Å². The van der Waals surface area contributed by atoms with Crippen LogP contribution in [0.1, 0.15) is 21.0 Å². The molecule has 0 spiro atoms. The fraction of sp³-hybridized carbons (Fsp3) is 0.238. The van der Waals surface area contributed by atoms with Gasteiger partial charge in [0.25, 0.3) is 0 Å². The summed E-state index contributed by atoms with van der Waals surface area (Å²) < 4.78 is 5.77. The number of nitrogens with zero attached hydrogens (tertiary/aromatic N) is 2. The smallest absolute Gasteiger partial charge is 0.191 e. The number of ether oxygens (including phenoxy) is 1. The Hall–Kier alpha value is -2.86. The van der Waals surface area contributed by atoms with E-state index in [0.717, 1.165) is 29.5 Å². The Labute approximate surface area is 164 Å². The van der Waals surface area contributed by atoms with Crippen LogP contribution in [0, 0.1) is 6.92 Å². The molecule has 0 bridgehead atoms. The van der Waals surface area contributed by atoms with Gasteiger partial charge >= 0.3 is 0 Å². The standard InChI is InChI=1S/C21H24N4OS/c1-16-6-11-20(27-16)14-25-21(22-2)24-13-17-7-9-19(10-8-17)26-15-18-5-3-4-12-23-18/h3-12H,13-15H2,1-2H3,(H2,22,24,25). The van der Waals surface area contributed by atoms with Crippen molar-refractivity contribution in [1.82, 2.24) is 15.6 Å². The molecule has 0 aliphatic heterocycles. The molecular weight excluding hydrogens is 356 g/mol. The first-order valence-corrected chi connectivity index (χ1v) is 9.66. The number of aromatic nitrogens is 1. The Morgan fingerprint density at radius 2 is 1.85 bits per heavy atom. The quantitative estimate of drug-likeness (QED) is 0.482. The highest BCUT2D eigenvalue weighted by atomic mass is 32.1. The Kier molecular flexibility index (Phi) is 6.82. The molecule has 27 heavy (non-hydrogen) atoms. The number of hydrogen-bond acceptors (Lipinski definition) is 4. The van der Waals surface area contributed by atoms with Gasteiger partial charge in [0.1, 0.15) is 12.4 Å². The SMILES string of the molecule is CN=C(NCc1ccc(OCc2ccccn2)cc1)NCc1ccc(C)s1. The van der Waals surface area contributed by atoms with Crippen molar-refractivity contribution in [3.63, 3.8) is 0 Å². The highest BCUT2D eigenvalue weighted by Gasteiger charge is 2.02. The average Bonchev–Trinajstić information content (AvgIpc) is 3.13. The zero-order chi connectivity index (χ0) is 18.9. The number of pyridine rings is 1. The van der Waals surface area contributed by atoms with Gasteiger partial charge < -0.3 is 15.4 Å². The van der Waals surface area contributed by atoms with Gasteiger partial charge in [-0.15, -0.1) is 11.3 Å². The van der Waals surface area contributed by atoms with Crippen LogP contribution >= 0.6 is 11.3 Å². The molecule has 140 valence electrons. The van der Waals surface area contributed by atoms with Gasteiger partial charge in [-0.05, 0) is 48.9 Å². The van der Waals surface area contributed by atoms with E-state index >= 15 is 0 Å². The number of aliphatic imine (C=N–C) groups is 1. The topological polar surface area (TPSA) is 58.5 Å². The number of nitrogens with one attached hydrogen (secondary N) is 2. The maximum Gasteiger partial charge on any atom is 0.191 e. The minimum Gasteiger partial charge on any atom is -0.487 e. The molecule has 0 atom stereocenters. The maximum atomic E-state index is 5.77. The van der Waals surface area contributed by atoms with E-state index in [9.17, 15) is 0 Å². The third-order valence-electron chi connectivity index (χ3n) is 3.95. The van der Waals surface area contributed by atoms with Gasteiger partial charge in [0.2, 0.25) is 0 Å². The van der Waals surface area contributed by atoms with Crippen molar-refractivity contribution in [2.24, 2.45) is 4.99 Å². The van der Waals surface area contributed by atoms with Crippen LogP contribution in [-0.4, -0.2) is 18.0 Å². The van der Waals surface area contributed by atoms with E-state index in [1.54, 1.807) is 24.6 Å². The van der Waals surface area contributed by atoms with Crippen LogP contribution < -0.4 is 15.4 Å². The van der Waals surface area contributed by atoms with Crippen LogP contribution in [-0.2, 0) is 19.7 Å². The van der Waals surface area contributed by atoms with Crippen LogP contribution in [0.25, 0.3) is 0 Å². The van der Waals surface area contributed by atoms with E-state index in [1.165, 1.54) is 9.75 Å². The third kappa shape index (κ3) is 6.11. The first-order chi connectivity index (χ1) is 13.2. The van der Waals surface area contributed by atoms with Gasteiger partial charge in [0.05, 0.1) is 12.2 Å². The molecule has 0 saturated carbocycles. The van der Waals surface area contributed by atoms with Gasteiger partial charge in [-0.3, -0.25) is 9.98 Å². The Morgan fingerprint density at radius 3 is 2.52 bits per heavy atom. The molecule has 0 aliphatic rings. The number of guanidine groups is 1. The Morgan fingerprint density at radius 1 is 1.04 bits per heavy atom. The van der Waals surface area contributed by atoms with Crippen LogP contribution in [0.15, 0.2) is 65.8 Å². The van der Waals surface area contributed by atoms with Crippen molar-refractivity contribution in [3.05, 3.63) is 81.8 Å². The summed E-state index contributed by atoms with van der Waals surface area (Å²) in [5.74, 6) is 1.62. The molecule has 0 radical (unpaired) electrons. The van der Waals surface area contributed by atoms with E-state index in [0.29, 0.717) is 13.2 Å². The van der Waals surface area contributed by atoms with Crippen LogP contribution in [0.4, 0.5) is 0 Å². The maximum absolute atomic E-state index is 5.77. The molecule has 2 N–H and O–H groups in total. The fourth-order valence-electron chi connectivity index (χ4n) is 2.50. The molecule has 0 aliphatic carbocycles. The summed E-state index contributed by atoms with van der Waals surface area (Å²) in [6.07, 6.45) is 1.77. The first kappa shape index (κ1) is 18.9. The van der Waals surface area contributed by atoms with Gasteiger partial charge in [0, 0.05) is 29.5 Å². The predicted molar refractivity (Wildman–Crippen MR) is 111 cm³/mol. The summed E-state index contributed by atoms with van der Waals surface area (Å²) in [5.41, 5.74) is 2.08. The summed E-state index contributed by atoms with van der Waals surface area (Å²) >= 11 is 1.80. The molecule has 0 fully saturated rings. The first-order valence-electron chi connectivity index (χ1n) is 8.84. The van der Waals surface area contributed by atoms with Crippen molar-refractivity contribution in [1.29, 1.82) is 0 Å². The van der Waals surface area contributed by atoms with Crippen LogP contribution in [0.2, 0.25) is 0 Å². The summed E-state index contributed by atoms with van der Waals surface area (Å²) in [6.45, 7) is 4.06. The molecule has 1 aromatic carbocycles. The minimum atomic E-state index is 0.469. The Balaban J connectivity index is 1.44. The van der Waals surface area contributed by atoms with Crippen LogP contribution in [0.5, 0.6) is 5.75 Å². The number of rotatable bonds is 7. The van der Waals surface area contributed by atoms with Gasteiger partial charge in [0.15, 0.2) is 5.96 Å². The molecule has 0 unspecified atom stereocenters. The van der Waals surface area contributed by atoms with E-state index in [-0.39, 0.29) is 0 Å². The van der Waals surface area contributed by atoms with E-state index in [1.807, 2.05) is 30.3 Å². The lowest BCUT2D eigenvalue weighted by Crippen LogP contribution is -2.36. The third-order valence-corrected chi connectivity index (χ3v) is 4.95. The second-order valence-electron chi connectivity index (χ2n) is 6.05. The Bertz CT molecular complexity index is 859. The summed E-state index contributed by atoms with van der Waals surface area (Å²) in [5, 5.41) is 6.67. The zero-order valence-electron chi connectivity index (χ0n) is 15.6. The molecule has 3 rings (SSSR count). The molecule has 5 nitrogen and oxygen atoms in total. The number of hydrogen-bond donors (Lipinski definition) is 2. The van der Waals surface area contributed by atoms with Gasteiger partial charge in [-0.25, -0.2) is 0 Å². The molecule has 3 aromatic rings. The minimum absolute atomic E-state index is 0.469. The average molecular weight is 381 g/mol. The molecule has 2 aromatic heterocycles. The van der Waals surface area contributed by atoms with E-state index in [2.05, 4.69) is 51.8 Å². The van der Waals surface area contributed by atoms with Gasteiger partial charge in [-0.2, -0.15) is 0 Å². The zero-order valence-corrected chi connectivity index (χ0v) is 16.4. The van der Waals surface area contributed by atoms with Crippen LogP contribution in [0.3, 0.4) is 0 Å². The van der Waals surface area contributed by atoms with E-state index < -0.39 is 0 Å². The molecular formula is C21H24N4OS. The second kappa shape index (κ2) is 9.73.